The molecule has 0 aliphatic heterocycles. The summed E-state index contributed by atoms with van der Waals surface area (Å²) in [6, 6.07) is 0.0859. The lowest BCUT2D eigenvalue weighted by molar-refractivity contribution is 0.235. The molecule has 0 heterocycles. The molecular weight excluding hydrogens is 234 g/mol. The van der Waals surface area contributed by atoms with Crippen molar-refractivity contribution in [2.45, 2.75) is 63.7 Å². The monoisotopic (exact) mass is 261 g/mol. The zero-order chi connectivity index (χ0) is 13.1. The van der Waals surface area contributed by atoms with Gasteiger partial charge >= 0.3 is 0 Å². The molecule has 1 atom stereocenters. The molecule has 0 aromatic carbocycles. The van der Waals surface area contributed by atoms with Crippen LogP contribution in [0.5, 0.6) is 0 Å². The first-order valence-corrected chi connectivity index (χ1v) is 8.62. The predicted molar refractivity (Wildman–Crippen MR) is 73.0 cm³/mol. The minimum Gasteiger partial charge on any atom is -0.312 e. The second-order valence-corrected chi connectivity index (χ2v) is 8.41. The SMILES string of the molecule is CCNC(C1CCCCC1)C(C)(C)S(C)(=O)=O. The van der Waals surface area contributed by atoms with Crippen LogP contribution in [0, 0.1) is 5.92 Å². The molecule has 1 aliphatic carbocycles. The highest BCUT2D eigenvalue weighted by Gasteiger charge is 2.42. The van der Waals surface area contributed by atoms with Crippen molar-refractivity contribution in [3.8, 4) is 0 Å². The molecule has 0 spiro atoms. The van der Waals surface area contributed by atoms with E-state index in [-0.39, 0.29) is 6.04 Å². The van der Waals surface area contributed by atoms with E-state index in [0.29, 0.717) is 5.92 Å². The molecule has 0 amide bonds. The van der Waals surface area contributed by atoms with Crippen LogP contribution in [0.15, 0.2) is 0 Å². The van der Waals surface area contributed by atoms with Crippen molar-refractivity contribution in [1.82, 2.24) is 5.32 Å². The molecule has 0 saturated heterocycles. The Morgan fingerprint density at radius 3 is 2.18 bits per heavy atom. The van der Waals surface area contributed by atoms with Gasteiger partial charge < -0.3 is 5.32 Å². The van der Waals surface area contributed by atoms with Crippen LogP contribution < -0.4 is 5.32 Å². The maximum atomic E-state index is 12.0. The third-order valence-corrected chi connectivity index (χ3v) is 6.42. The molecule has 0 aromatic heterocycles. The number of rotatable bonds is 5. The van der Waals surface area contributed by atoms with Crippen LogP contribution >= 0.6 is 0 Å². The van der Waals surface area contributed by atoms with E-state index in [0.717, 1.165) is 19.4 Å². The molecule has 1 fully saturated rings. The van der Waals surface area contributed by atoms with Crippen LogP contribution in [0.2, 0.25) is 0 Å². The van der Waals surface area contributed by atoms with Crippen molar-refractivity contribution < 1.29 is 8.42 Å². The molecule has 1 saturated carbocycles. The highest BCUT2D eigenvalue weighted by Crippen LogP contribution is 2.34. The van der Waals surface area contributed by atoms with Crippen molar-refractivity contribution in [3.63, 3.8) is 0 Å². The van der Waals surface area contributed by atoms with Gasteiger partial charge in [0.1, 0.15) is 0 Å². The van der Waals surface area contributed by atoms with E-state index in [9.17, 15) is 8.42 Å². The lowest BCUT2D eigenvalue weighted by atomic mass is 9.79. The summed E-state index contributed by atoms with van der Waals surface area (Å²) in [4.78, 5) is 0. The van der Waals surface area contributed by atoms with E-state index < -0.39 is 14.6 Å². The summed E-state index contributed by atoms with van der Waals surface area (Å²) in [7, 11) is -3.04. The van der Waals surface area contributed by atoms with Crippen molar-refractivity contribution in [3.05, 3.63) is 0 Å². The Morgan fingerprint density at radius 1 is 1.24 bits per heavy atom. The zero-order valence-electron chi connectivity index (χ0n) is 11.6. The Balaban J connectivity index is 2.91. The van der Waals surface area contributed by atoms with E-state index in [1.54, 1.807) is 0 Å². The number of hydrogen-bond acceptors (Lipinski definition) is 3. The second-order valence-electron chi connectivity index (χ2n) is 5.81. The zero-order valence-corrected chi connectivity index (χ0v) is 12.4. The fourth-order valence-corrected chi connectivity index (χ4v) is 3.64. The maximum Gasteiger partial charge on any atom is 0.154 e. The van der Waals surface area contributed by atoms with Crippen molar-refractivity contribution >= 4 is 9.84 Å². The number of nitrogens with one attached hydrogen (secondary N) is 1. The van der Waals surface area contributed by atoms with Crippen molar-refractivity contribution in [2.75, 3.05) is 12.8 Å². The minimum atomic E-state index is -3.04. The number of hydrogen-bond donors (Lipinski definition) is 1. The van der Waals surface area contributed by atoms with E-state index >= 15 is 0 Å². The van der Waals surface area contributed by atoms with Gasteiger partial charge in [-0.1, -0.05) is 26.2 Å². The standard InChI is InChI=1S/C13H27NO2S/c1-5-14-12(11-9-7-6-8-10-11)13(2,3)17(4,15)16/h11-12,14H,5-10H2,1-4H3. The highest BCUT2D eigenvalue weighted by atomic mass is 32.2. The lowest BCUT2D eigenvalue weighted by Gasteiger charge is -2.40. The first-order chi connectivity index (χ1) is 7.80. The van der Waals surface area contributed by atoms with E-state index in [1.165, 1.54) is 25.5 Å². The average molecular weight is 261 g/mol. The van der Waals surface area contributed by atoms with Gasteiger partial charge in [-0.3, -0.25) is 0 Å². The van der Waals surface area contributed by atoms with Crippen LogP contribution in [-0.2, 0) is 9.84 Å². The van der Waals surface area contributed by atoms with Crippen LogP contribution in [0.25, 0.3) is 0 Å². The summed E-state index contributed by atoms with van der Waals surface area (Å²) >= 11 is 0. The molecule has 17 heavy (non-hydrogen) atoms. The molecule has 1 rings (SSSR count). The van der Waals surface area contributed by atoms with Gasteiger partial charge in [-0.15, -0.1) is 0 Å². The first kappa shape index (κ1) is 15.0. The summed E-state index contributed by atoms with van der Waals surface area (Å²) in [5, 5.41) is 3.42. The molecule has 0 bridgehead atoms. The predicted octanol–water partition coefficient (Wildman–Crippen LogP) is 2.37. The van der Waals surface area contributed by atoms with Gasteiger partial charge in [-0.05, 0) is 39.2 Å². The Hall–Kier alpha value is -0.0900. The quantitative estimate of drug-likeness (QED) is 0.826. The van der Waals surface area contributed by atoms with Gasteiger partial charge in [-0.2, -0.15) is 0 Å². The Bertz CT molecular complexity index is 329. The third kappa shape index (κ3) is 3.44. The van der Waals surface area contributed by atoms with Gasteiger partial charge in [0, 0.05) is 12.3 Å². The van der Waals surface area contributed by atoms with E-state index in [4.69, 9.17) is 0 Å². The second kappa shape index (κ2) is 5.70. The Kier molecular flexibility index (Phi) is 5.02. The molecule has 3 nitrogen and oxygen atoms in total. The summed E-state index contributed by atoms with van der Waals surface area (Å²) in [5.41, 5.74) is 0. The van der Waals surface area contributed by atoms with E-state index in [1.807, 2.05) is 20.8 Å². The van der Waals surface area contributed by atoms with Crippen LogP contribution in [0.1, 0.15) is 52.9 Å². The molecule has 0 aromatic rings. The minimum absolute atomic E-state index is 0.0859. The molecular formula is C13H27NO2S. The molecule has 102 valence electrons. The lowest BCUT2D eigenvalue weighted by Crippen LogP contribution is -2.55. The summed E-state index contributed by atoms with van der Waals surface area (Å²) < 4.78 is 23.3. The largest absolute Gasteiger partial charge is 0.312 e. The fraction of sp³-hybridized carbons (Fsp3) is 1.00. The van der Waals surface area contributed by atoms with Gasteiger partial charge in [0.05, 0.1) is 4.75 Å². The van der Waals surface area contributed by atoms with Gasteiger partial charge in [-0.25, -0.2) is 8.42 Å². The normalized spacial score (nSPS) is 21.4. The van der Waals surface area contributed by atoms with Gasteiger partial charge in [0.2, 0.25) is 0 Å². The fourth-order valence-electron chi connectivity index (χ4n) is 2.90. The molecule has 0 radical (unpaired) electrons. The average Bonchev–Trinajstić information content (AvgIpc) is 2.25. The van der Waals surface area contributed by atoms with Gasteiger partial charge in [0.25, 0.3) is 0 Å². The van der Waals surface area contributed by atoms with Crippen molar-refractivity contribution in [1.29, 1.82) is 0 Å². The third-order valence-electron chi connectivity index (χ3n) is 4.25. The summed E-state index contributed by atoms with van der Waals surface area (Å²) in [6.07, 6.45) is 7.47. The topological polar surface area (TPSA) is 46.2 Å². The molecule has 1 aliphatic rings. The highest BCUT2D eigenvalue weighted by molar-refractivity contribution is 7.92. The maximum absolute atomic E-state index is 12.0. The summed E-state index contributed by atoms with van der Waals surface area (Å²) in [5.74, 6) is 0.508. The molecule has 1 N–H and O–H groups in total. The van der Waals surface area contributed by atoms with Crippen LogP contribution in [-0.4, -0.2) is 32.0 Å². The Morgan fingerprint density at radius 2 is 1.76 bits per heavy atom. The summed E-state index contributed by atoms with van der Waals surface area (Å²) in [6.45, 7) is 6.61. The van der Waals surface area contributed by atoms with Crippen LogP contribution in [0.3, 0.4) is 0 Å². The Labute approximate surface area is 106 Å². The molecule has 1 unspecified atom stereocenters. The van der Waals surface area contributed by atoms with Crippen LogP contribution in [0.4, 0.5) is 0 Å². The smallest absolute Gasteiger partial charge is 0.154 e. The van der Waals surface area contributed by atoms with Gasteiger partial charge in [0.15, 0.2) is 9.84 Å². The molecule has 4 heteroatoms. The first-order valence-electron chi connectivity index (χ1n) is 6.73. The van der Waals surface area contributed by atoms with Crippen molar-refractivity contribution in [2.24, 2.45) is 5.92 Å². The number of sulfone groups is 1. The van der Waals surface area contributed by atoms with E-state index in [2.05, 4.69) is 5.32 Å².